The van der Waals surface area contributed by atoms with Crippen LogP contribution in [0.2, 0.25) is 5.02 Å². The van der Waals surface area contributed by atoms with Gasteiger partial charge in [0.25, 0.3) is 0 Å². The summed E-state index contributed by atoms with van der Waals surface area (Å²) in [5.41, 5.74) is 3.82. The third kappa shape index (κ3) is 4.14. The molecule has 1 aliphatic rings. The van der Waals surface area contributed by atoms with Crippen molar-refractivity contribution in [3.8, 4) is 17.2 Å². The Kier molecular flexibility index (Phi) is 6.15. The number of thioether (sulfide) groups is 1. The number of nitrogens with zero attached hydrogens (tertiary/aromatic N) is 3. The fraction of sp³-hybridized carbons (Fsp3) is 0.217. The van der Waals surface area contributed by atoms with Gasteiger partial charge in [-0.15, -0.1) is 22.7 Å². The minimum Gasteiger partial charge on any atom is -0.316 e. The monoisotopic (exact) mass is 496 g/mol. The molecule has 1 N–H and O–H groups in total. The zero-order valence-corrected chi connectivity index (χ0v) is 20.1. The van der Waals surface area contributed by atoms with Gasteiger partial charge >= 0.3 is 0 Å². The molecule has 3 aromatic heterocycles. The smallest absolute Gasteiger partial charge is 0.235 e. The van der Waals surface area contributed by atoms with Crippen molar-refractivity contribution in [3.05, 3.63) is 57.0 Å². The Morgan fingerprint density at radius 2 is 2.03 bits per heavy atom. The molecule has 9 heteroatoms. The van der Waals surface area contributed by atoms with Crippen molar-refractivity contribution in [2.24, 2.45) is 0 Å². The molecule has 3 heterocycles. The second-order valence-corrected chi connectivity index (χ2v) is 10.7. The number of fused-ring (bicyclic) bond motifs is 2. The summed E-state index contributed by atoms with van der Waals surface area (Å²) in [4.78, 5) is 23.7. The number of rotatable bonds is 5. The highest BCUT2D eigenvalue weighted by Gasteiger charge is 2.22. The molecule has 5 rings (SSSR count). The van der Waals surface area contributed by atoms with Crippen LogP contribution in [0.15, 0.2) is 41.0 Å². The quantitative estimate of drug-likeness (QED) is 0.250. The van der Waals surface area contributed by atoms with Crippen molar-refractivity contribution >= 4 is 67.2 Å². The van der Waals surface area contributed by atoms with Crippen LogP contribution in [0.3, 0.4) is 0 Å². The van der Waals surface area contributed by atoms with Gasteiger partial charge in [0.1, 0.15) is 27.3 Å². The van der Waals surface area contributed by atoms with E-state index in [0.717, 1.165) is 57.6 Å². The lowest BCUT2D eigenvalue weighted by molar-refractivity contribution is -0.113. The van der Waals surface area contributed by atoms with E-state index in [1.54, 1.807) is 22.7 Å². The van der Waals surface area contributed by atoms with Crippen LogP contribution in [0.4, 0.5) is 5.00 Å². The molecule has 0 atom stereocenters. The summed E-state index contributed by atoms with van der Waals surface area (Å²) in [7, 11) is 0. The fourth-order valence-electron chi connectivity index (χ4n) is 3.87. The highest BCUT2D eigenvalue weighted by molar-refractivity contribution is 8.00. The van der Waals surface area contributed by atoms with E-state index in [9.17, 15) is 10.1 Å². The van der Waals surface area contributed by atoms with Crippen molar-refractivity contribution in [2.45, 2.75) is 30.7 Å². The number of halogens is 1. The molecule has 0 aliphatic heterocycles. The third-order valence-electron chi connectivity index (χ3n) is 5.37. The lowest BCUT2D eigenvalue weighted by atomic mass is 9.96. The molecule has 1 aliphatic carbocycles. The van der Waals surface area contributed by atoms with E-state index in [0.29, 0.717) is 15.6 Å². The number of benzene rings is 1. The van der Waals surface area contributed by atoms with E-state index in [4.69, 9.17) is 11.6 Å². The average molecular weight is 497 g/mol. The fourth-order valence-corrected chi connectivity index (χ4v) is 7.04. The molecule has 1 aromatic carbocycles. The summed E-state index contributed by atoms with van der Waals surface area (Å²) in [5, 5.41) is 17.7. The molecule has 0 fully saturated rings. The first-order chi connectivity index (χ1) is 15.6. The molecular formula is C23H17ClN4OS3. The van der Waals surface area contributed by atoms with Crippen molar-refractivity contribution in [3.63, 3.8) is 0 Å². The van der Waals surface area contributed by atoms with Crippen molar-refractivity contribution in [2.75, 3.05) is 11.1 Å². The minimum atomic E-state index is -0.139. The molecule has 0 unspecified atom stereocenters. The topological polar surface area (TPSA) is 78.7 Å². The van der Waals surface area contributed by atoms with E-state index in [-0.39, 0.29) is 11.7 Å². The van der Waals surface area contributed by atoms with Gasteiger partial charge in [0.2, 0.25) is 5.91 Å². The van der Waals surface area contributed by atoms with Crippen LogP contribution in [0.1, 0.15) is 28.8 Å². The van der Waals surface area contributed by atoms with Crippen LogP contribution in [-0.4, -0.2) is 21.6 Å². The normalized spacial score (nSPS) is 13.0. The van der Waals surface area contributed by atoms with Crippen LogP contribution in [0.5, 0.6) is 0 Å². The van der Waals surface area contributed by atoms with Crippen LogP contribution in [0, 0.1) is 11.3 Å². The second kappa shape index (κ2) is 9.20. The molecular weight excluding hydrogens is 480 g/mol. The Bertz CT molecular complexity index is 1350. The number of nitrogens with one attached hydrogen (secondary N) is 1. The Morgan fingerprint density at radius 1 is 1.22 bits per heavy atom. The Morgan fingerprint density at radius 3 is 2.84 bits per heavy atom. The van der Waals surface area contributed by atoms with Gasteiger partial charge in [-0.05, 0) is 48.9 Å². The van der Waals surface area contributed by atoms with Gasteiger partial charge < -0.3 is 5.32 Å². The summed E-state index contributed by atoms with van der Waals surface area (Å²) in [5.74, 6) is 0.0651. The maximum atomic E-state index is 12.7. The highest BCUT2D eigenvalue weighted by Crippen LogP contribution is 2.39. The van der Waals surface area contributed by atoms with Gasteiger partial charge in [-0.2, -0.15) is 5.26 Å². The number of hydrogen-bond donors (Lipinski definition) is 1. The van der Waals surface area contributed by atoms with Gasteiger partial charge in [-0.25, -0.2) is 9.97 Å². The lowest BCUT2D eigenvalue weighted by Crippen LogP contribution is -2.14. The summed E-state index contributed by atoms with van der Waals surface area (Å²) >= 11 is 10.5. The highest BCUT2D eigenvalue weighted by atomic mass is 35.5. The van der Waals surface area contributed by atoms with E-state index in [1.165, 1.54) is 23.0 Å². The van der Waals surface area contributed by atoms with E-state index in [1.807, 2.05) is 24.3 Å². The zero-order valence-electron chi connectivity index (χ0n) is 16.9. The lowest BCUT2D eigenvalue weighted by Gasteiger charge is -2.09. The predicted molar refractivity (Wildman–Crippen MR) is 133 cm³/mol. The predicted octanol–water partition coefficient (Wildman–Crippen LogP) is 6.55. The Labute approximate surface area is 202 Å². The van der Waals surface area contributed by atoms with Crippen molar-refractivity contribution < 1.29 is 4.79 Å². The SMILES string of the molecule is N#Cc1c(NC(=O)CSc2ncnc3scc(-c4ccc(Cl)cc4)c23)sc2c1CCCC2. The summed E-state index contributed by atoms with van der Waals surface area (Å²) < 4.78 is 0. The van der Waals surface area contributed by atoms with Crippen molar-refractivity contribution in [1.29, 1.82) is 5.26 Å². The molecule has 5 nitrogen and oxygen atoms in total. The molecule has 160 valence electrons. The number of carbonyl (C=O) groups is 1. The van der Waals surface area contributed by atoms with E-state index in [2.05, 4.69) is 26.7 Å². The number of hydrogen-bond acceptors (Lipinski definition) is 7. The summed E-state index contributed by atoms with van der Waals surface area (Å²) in [6.07, 6.45) is 5.68. The standard InChI is InChI=1S/C23H17ClN4OS3/c24-14-7-5-13(6-8-14)17-10-30-22-20(17)23(27-12-26-22)31-11-19(29)28-21-16(9-25)15-3-1-2-4-18(15)32-21/h5-8,10,12H,1-4,11H2,(H,28,29). The van der Waals surface area contributed by atoms with Crippen LogP contribution in [-0.2, 0) is 17.6 Å². The number of nitriles is 1. The molecule has 4 aromatic rings. The molecule has 32 heavy (non-hydrogen) atoms. The molecule has 0 spiro atoms. The van der Waals surface area contributed by atoms with Crippen molar-refractivity contribution in [1.82, 2.24) is 9.97 Å². The van der Waals surface area contributed by atoms with Gasteiger partial charge in [-0.1, -0.05) is 35.5 Å². The Hall–Kier alpha value is -2.44. The molecule has 0 bridgehead atoms. The van der Waals surface area contributed by atoms with Crippen LogP contribution < -0.4 is 5.32 Å². The first kappa shape index (κ1) is 21.4. The van der Waals surface area contributed by atoms with Gasteiger partial charge in [0.15, 0.2) is 0 Å². The number of carbonyl (C=O) groups excluding carboxylic acids is 1. The molecule has 1 amide bonds. The number of amides is 1. The minimum absolute atomic E-state index is 0.139. The van der Waals surface area contributed by atoms with Gasteiger partial charge in [0, 0.05) is 20.8 Å². The zero-order chi connectivity index (χ0) is 22.1. The maximum Gasteiger partial charge on any atom is 0.235 e. The summed E-state index contributed by atoms with van der Waals surface area (Å²) in [6, 6.07) is 9.96. The number of aryl methyl sites for hydroxylation is 1. The first-order valence-corrected chi connectivity index (χ1v) is 13.2. The average Bonchev–Trinajstić information content (AvgIpc) is 3.39. The van der Waals surface area contributed by atoms with Gasteiger partial charge in [0.05, 0.1) is 16.7 Å². The van der Waals surface area contributed by atoms with E-state index >= 15 is 0 Å². The third-order valence-corrected chi connectivity index (χ3v) is 8.70. The Balaban J connectivity index is 1.36. The van der Waals surface area contributed by atoms with E-state index < -0.39 is 0 Å². The number of thiophene rings is 2. The number of anilines is 1. The largest absolute Gasteiger partial charge is 0.316 e. The second-order valence-electron chi connectivity index (χ2n) is 7.38. The van der Waals surface area contributed by atoms with Crippen LogP contribution in [0.25, 0.3) is 21.3 Å². The van der Waals surface area contributed by atoms with Crippen LogP contribution >= 0.6 is 46.0 Å². The maximum absolute atomic E-state index is 12.7. The van der Waals surface area contributed by atoms with Gasteiger partial charge in [-0.3, -0.25) is 4.79 Å². The molecule has 0 radical (unpaired) electrons. The first-order valence-electron chi connectivity index (χ1n) is 10.1. The number of aromatic nitrogens is 2. The molecule has 0 saturated heterocycles. The molecule has 0 saturated carbocycles. The summed E-state index contributed by atoms with van der Waals surface area (Å²) in [6.45, 7) is 0.